The van der Waals surface area contributed by atoms with E-state index in [1.54, 1.807) is 0 Å². The van der Waals surface area contributed by atoms with Crippen LogP contribution in [0.3, 0.4) is 0 Å². The van der Waals surface area contributed by atoms with E-state index in [4.69, 9.17) is 0 Å². The topological polar surface area (TPSA) is 46.3 Å². The second-order valence-corrected chi connectivity index (χ2v) is 7.43. The molecule has 2 aliphatic rings. The summed E-state index contributed by atoms with van der Waals surface area (Å²) in [5, 5.41) is 8.64. The van der Waals surface area contributed by atoms with E-state index in [0.717, 1.165) is 37.6 Å². The minimum atomic E-state index is 0.640. The largest absolute Gasteiger partial charge is 0.297 e. The Bertz CT molecular complexity index is 952. The van der Waals surface area contributed by atoms with Gasteiger partial charge >= 0.3 is 0 Å². The van der Waals surface area contributed by atoms with E-state index in [9.17, 15) is 0 Å². The summed E-state index contributed by atoms with van der Waals surface area (Å²) in [6, 6.07) is 16.8. The third kappa shape index (κ3) is 3.30. The van der Waals surface area contributed by atoms with Gasteiger partial charge in [-0.25, -0.2) is 4.68 Å². The van der Waals surface area contributed by atoms with Gasteiger partial charge in [0.1, 0.15) is 0 Å². The van der Waals surface area contributed by atoms with Crippen LogP contribution in [0, 0.1) is 0 Å². The summed E-state index contributed by atoms with van der Waals surface area (Å²) >= 11 is 0. The summed E-state index contributed by atoms with van der Waals surface area (Å²) < 4.78 is 1.86. The van der Waals surface area contributed by atoms with Crippen LogP contribution in [0.25, 0.3) is 5.69 Å². The maximum Gasteiger partial charge on any atom is 0.0971 e. The number of para-hydroxylation sites is 1. The first-order valence-electron chi connectivity index (χ1n) is 9.67. The average Bonchev–Trinajstić information content (AvgIpc) is 3.38. The highest BCUT2D eigenvalue weighted by atomic mass is 15.4. The van der Waals surface area contributed by atoms with Gasteiger partial charge in [0.15, 0.2) is 0 Å². The predicted molar refractivity (Wildman–Crippen MR) is 106 cm³/mol. The molecule has 0 spiro atoms. The van der Waals surface area contributed by atoms with E-state index in [1.807, 2.05) is 41.2 Å². The van der Waals surface area contributed by atoms with Crippen LogP contribution in [0.1, 0.15) is 41.1 Å². The van der Waals surface area contributed by atoms with Gasteiger partial charge in [-0.2, -0.15) is 0 Å². The lowest BCUT2D eigenvalue weighted by molar-refractivity contribution is 0.202. The Kier molecular flexibility index (Phi) is 4.30. The highest BCUT2D eigenvalue weighted by Gasteiger charge is 2.24. The van der Waals surface area contributed by atoms with Gasteiger partial charge in [0.05, 0.1) is 24.1 Å². The summed E-state index contributed by atoms with van der Waals surface area (Å²) in [5.41, 5.74) is 6.33. The van der Waals surface area contributed by atoms with Crippen LogP contribution in [-0.2, 0) is 13.1 Å². The van der Waals surface area contributed by atoms with Crippen molar-refractivity contribution in [1.82, 2.24) is 19.9 Å². The molecule has 5 nitrogen and oxygen atoms in total. The Morgan fingerprint density at radius 2 is 1.81 bits per heavy atom. The van der Waals surface area contributed by atoms with E-state index < -0.39 is 0 Å². The lowest BCUT2D eigenvalue weighted by atomic mass is 9.85. The molecule has 27 heavy (non-hydrogen) atoms. The van der Waals surface area contributed by atoms with Crippen molar-refractivity contribution in [2.24, 2.45) is 4.99 Å². The number of hydrogen-bond acceptors (Lipinski definition) is 4. The molecule has 0 amide bonds. The first kappa shape index (κ1) is 16.4. The molecule has 3 aromatic rings. The quantitative estimate of drug-likeness (QED) is 0.717. The van der Waals surface area contributed by atoms with E-state index in [-0.39, 0.29) is 0 Å². The number of nitrogens with zero attached hydrogens (tertiary/aromatic N) is 5. The maximum atomic E-state index is 4.45. The van der Waals surface area contributed by atoms with Crippen LogP contribution < -0.4 is 0 Å². The molecule has 0 radical (unpaired) electrons. The van der Waals surface area contributed by atoms with Crippen molar-refractivity contribution in [3.63, 3.8) is 0 Å². The number of fused-ring (bicyclic) bond motifs is 1. The average molecular weight is 357 g/mol. The minimum absolute atomic E-state index is 0.640. The van der Waals surface area contributed by atoms with Crippen molar-refractivity contribution in [2.45, 2.75) is 31.8 Å². The molecule has 1 aromatic heterocycles. The molecule has 136 valence electrons. The summed E-state index contributed by atoms with van der Waals surface area (Å²) in [7, 11) is 0. The molecule has 3 heterocycles. The van der Waals surface area contributed by atoms with Gasteiger partial charge < -0.3 is 0 Å². The van der Waals surface area contributed by atoms with Crippen molar-refractivity contribution in [2.75, 3.05) is 13.1 Å². The van der Waals surface area contributed by atoms with Gasteiger partial charge in [0.2, 0.25) is 0 Å². The zero-order valence-electron chi connectivity index (χ0n) is 15.3. The monoisotopic (exact) mass is 357 g/mol. The van der Waals surface area contributed by atoms with Crippen LogP contribution in [0.2, 0.25) is 0 Å². The van der Waals surface area contributed by atoms with Crippen molar-refractivity contribution in [1.29, 1.82) is 0 Å². The van der Waals surface area contributed by atoms with Crippen LogP contribution in [0.4, 0.5) is 0 Å². The lowest BCUT2D eigenvalue weighted by Crippen LogP contribution is -2.32. The molecular formula is C22H23N5. The SMILES string of the molecule is C1=NCc2cccc(C3CCN(Cc4cn(-c5ccccc5)nn4)CC3)c21. The normalized spacial score (nSPS) is 17.3. The van der Waals surface area contributed by atoms with Gasteiger partial charge in [-0.1, -0.05) is 41.6 Å². The molecule has 5 heteroatoms. The molecule has 0 aliphatic carbocycles. The third-order valence-electron chi connectivity index (χ3n) is 5.69. The summed E-state index contributed by atoms with van der Waals surface area (Å²) in [4.78, 5) is 6.95. The first-order valence-corrected chi connectivity index (χ1v) is 9.67. The second kappa shape index (κ2) is 7.08. The third-order valence-corrected chi connectivity index (χ3v) is 5.69. The Hall–Kier alpha value is -2.79. The Morgan fingerprint density at radius 3 is 2.67 bits per heavy atom. The van der Waals surface area contributed by atoms with Crippen LogP contribution >= 0.6 is 0 Å². The highest BCUT2D eigenvalue weighted by Crippen LogP contribution is 2.33. The van der Waals surface area contributed by atoms with Crippen LogP contribution in [-0.4, -0.2) is 39.2 Å². The highest BCUT2D eigenvalue weighted by molar-refractivity contribution is 5.86. The van der Waals surface area contributed by atoms with Gasteiger partial charge in [0, 0.05) is 18.3 Å². The Balaban J connectivity index is 1.23. The fraction of sp³-hybridized carbons (Fsp3) is 0.318. The number of hydrogen-bond donors (Lipinski definition) is 0. The van der Waals surface area contributed by atoms with Gasteiger partial charge in [-0.15, -0.1) is 5.10 Å². The van der Waals surface area contributed by atoms with Crippen molar-refractivity contribution >= 4 is 6.21 Å². The summed E-state index contributed by atoms with van der Waals surface area (Å²) in [6.07, 6.45) is 6.50. The zero-order chi connectivity index (χ0) is 18.1. The van der Waals surface area contributed by atoms with Crippen molar-refractivity contribution < 1.29 is 0 Å². The standard InChI is InChI=1S/C22H23N5/c1-2-6-20(7-3-1)27-16-19(24-25-27)15-26-11-9-17(10-12-26)21-8-4-5-18-13-23-14-22(18)21/h1-8,14,16-17H,9-13,15H2. The predicted octanol–water partition coefficient (Wildman–Crippen LogP) is 3.58. The number of rotatable bonds is 4. The summed E-state index contributed by atoms with van der Waals surface area (Å²) in [5.74, 6) is 0.640. The molecule has 1 fully saturated rings. The molecule has 0 bridgehead atoms. The second-order valence-electron chi connectivity index (χ2n) is 7.43. The number of aromatic nitrogens is 3. The van der Waals surface area contributed by atoms with Gasteiger partial charge in [-0.3, -0.25) is 9.89 Å². The van der Waals surface area contributed by atoms with Gasteiger partial charge in [-0.05, 0) is 55.1 Å². The molecule has 0 atom stereocenters. The number of benzene rings is 2. The number of piperidine rings is 1. The molecular weight excluding hydrogens is 334 g/mol. The minimum Gasteiger partial charge on any atom is -0.297 e. The van der Waals surface area contributed by atoms with Crippen LogP contribution in [0.15, 0.2) is 59.7 Å². The molecule has 1 saturated heterocycles. The van der Waals surface area contributed by atoms with Crippen LogP contribution in [0.5, 0.6) is 0 Å². The first-order chi connectivity index (χ1) is 13.4. The lowest BCUT2D eigenvalue weighted by Gasteiger charge is -2.32. The molecule has 0 unspecified atom stereocenters. The van der Waals surface area contributed by atoms with E-state index in [0.29, 0.717) is 5.92 Å². The maximum absolute atomic E-state index is 4.45. The number of likely N-dealkylation sites (tertiary alicyclic amines) is 1. The Morgan fingerprint density at radius 1 is 0.963 bits per heavy atom. The Labute approximate surface area is 159 Å². The van der Waals surface area contributed by atoms with Crippen molar-refractivity contribution in [3.05, 3.63) is 77.1 Å². The summed E-state index contributed by atoms with van der Waals surface area (Å²) in [6.45, 7) is 3.92. The van der Waals surface area contributed by atoms with Gasteiger partial charge in [0.25, 0.3) is 0 Å². The molecule has 2 aromatic carbocycles. The molecule has 0 saturated carbocycles. The van der Waals surface area contributed by atoms with E-state index in [2.05, 4.69) is 44.6 Å². The fourth-order valence-corrected chi connectivity index (χ4v) is 4.23. The zero-order valence-corrected chi connectivity index (χ0v) is 15.3. The fourth-order valence-electron chi connectivity index (χ4n) is 4.23. The van der Waals surface area contributed by atoms with E-state index >= 15 is 0 Å². The molecule has 2 aliphatic heterocycles. The van der Waals surface area contributed by atoms with E-state index in [1.165, 1.54) is 29.5 Å². The number of aliphatic imine (C=N–C) groups is 1. The molecule has 5 rings (SSSR count). The smallest absolute Gasteiger partial charge is 0.0971 e. The molecule has 0 N–H and O–H groups in total. The van der Waals surface area contributed by atoms with Crippen molar-refractivity contribution in [3.8, 4) is 5.69 Å².